The monoisotopic (exact) mass is 347 g/mol. The number of nitrogens with one attached hydrogen (secondary N) is 1. The number of carbonyl (C=O) groups excluding carboxylic acids is 2. The molecule has 3 nitrogen and oxygen atoms in total. The predicted molar refractivity (Wildman–Crippen MR) is 80.0 cm³/mol. The van der Waals surface area contributed by atoms with Crippen LogP contribution in [-0.4, -0.2) is 18.2 Å². The Bertz CT molecular complexity index is 738. The van der Waals surface area contributed by atoms with Gasteiger partial charge in [-0.3, -0.25) is 9.59 Å². The van der Waals surface area contributed by atoms with Gasteiger partial charge >= 0.3 is 0 Å². The molecule has 21 heavy (non-hydrogen) atoms. The number of fused-ring (bicyclic) bond motifs is 1. The molecule has 0 spiro atoms. The summed E-state index contributed by atoms with van der Waals surface area (Å²) < 4.78 is 14.3. The minimum Gasteiger partial charge on any atom is -0.352 e. The standard InChI is InChI=1S/C16H11BrFNO2/c17-12-2-1-3-13(18)14(12)15(20)10-5-4-9-6-7-19-16(21)11(9)8-10/h1-5,8H,6-7H2,(H,19,21). The summed E-state index contributed by atoms with van der Waals surface area (Å²) in [4.78, 5) is 24.3. The summed E-state index contributed by atoms with van der Waals surface area (Å²) >= 11 is 3.19. The van der Waals surface area contributed by atoms with E-state index in [1.165, 1.54) is 18.2 Å². The fourth-order valence-corrected chi connectivity index (χ4v) is 2.93. The van der Waals surface area contributed by atoms with Crippen molar-refractivity contribution in [3.05, 3.63) is 68.9 Å². The van der Waals surface area contributed by atoms with E-state index in [0.717, 1.165) is 12.0 Å². The molecule has 0 aromatic heterocycles. The van der Waals surface area contributed by atoms with E-state index in [-0.39, 0.29) is 11.5 Å². The van der Waals surface area contributed by atoms with Crippen LogP contribution in [0.25, 0.3) is 0 Å². The summed E-state index contributed by atoms with van der Waals surface area (Å²) in [7, 11) is 0. The van der Waals surface area contributed by atoms with E-state index in [2.05, 4.69) is 21.2 Å². The lowest BCUT2D eigenvalue weighted by molar-refractivity contribution is 0.0946. The molecule has 0 saturated heterocycles. The average molecular weight is 348 g/mol. The van der Waals surface area contributed by atoms with Gasteiger partial charge in [0.25, 0.3) is 5.91 Å². The van der Waals surface area contributed by atoms with Gasteiger partial charge in [-0.1, -0.05) is 18.2 Å². The highest BCUT2D eigenvalue weighted by Gasteiger charge is 2.21. The van der Waals surface area contributed by atoms with Gasteiger partial charge in [-0.15, -0.1) is 0 Å². The number of ketones is 1. The van der Waals surface area contributed by atoms with Gasteiger partial charge < -0.3 is 5.32 Å². The van der Waals surface area contributed by atoms with E-state index in [9.17, 15) is 14.0 Å². The maximum Gasteiger partial charge on any atom is 0.251 e. The minimum absolute atomic E-state index is 0.0198. The molecule has 5 heteroatoms. The van der Waals surface area contributed by atoms with Gasteiger partial charge in [-0.2, -0.15) is 0 Å². The molecule has 0 atom stereocenters. The Labute approximate surface area is 129 Å². The number of carbonyl (C=O) groups is 2. The van der Waals surface area contributed by atoms with Crippen molar-refractivity contribution in [2.45, 2.75) is 6.42 Å². The Morgan fingerprint density at radius 2 is 2.05 bits per heavy atom. The van der Waals surface area contributed by atoms with Crippen LogP contribution in [0, 0.1) is 5.82 Å². The highest BCUT2D eigenvalue weighted by atomic mass is 79.9. The van der Waals surface area contributed by atoms with Crippen molar-refractivity contribution in [1.29, 1.82) is 0 Å². The molecule has 2 aromatic rings. The van der Waals surface area contributed by atoms with Gasteiger partial charge in [0.05, 0.1) is 5.56 Å². The molecule has 0 unspecified atom stereocenters. The van der Waals surface area contributed by atoms with Crippen LogP contribution in [0.3, 0.4) is 0 Å². The first kappa shape index (κ1) is 13.9. The summed E-state index contributed by atoms with van der Waals surface area (Å²) in [6.45, 7) is 0.595. The minimum atomic E-state index is -0.587. The van der Waals surface area contributed by atoms with Crippen molar-refractivity contribution in [1.82, 2.24) is 5.32 Å². The maximum atomic E-state index is 13.9. The number of rotatable bonds is 2. The molecule has 1 amide bonds. The summed E-state index contributed by atoms with van der Waals surface area (Å²) in [5.41, 5.74) is 1.67. The zero-order valence-corrected chi connectivity index (χ0v) is 12.5. The van der Waals surface area contributed by atoms with Crippen molar-refractivity contribution in [3.8, 4) is 0 Å². The van der Waals surface area contributed by atoms with E-state index >= 15 is 0 Å². The first-order valence-corrected chi connectivity index (χ1v) is 7.27. The lowest BCUT2D eigenvalue weighted by atomic mass is 9.94. The SMILES string of the molecule is O=C1NCCc2ccc(C(=O)c3c(F)cccc3Br)cc21. The second-order valence-electron chi connectivity index (χ2n) is 4.80. The van der Waals surface area contributed by atoms with Crippen molar-refractivity contribution >= 4 is 27.6 Å². The maximum absolute atomic E-state index is 13.9. The molecule has 1 aliphatic rings. The van der Waals surface area contributed by atoms with Gasteiger partial charge in [0.15, 0.2) is 5.78 Å². The summed E-state index contributed by atoms with van der Waals surface area (Å²) in [5, 5.41) is 2.73. The number of hydrogen-bond donors (Lipinski definition) is 1. The number of halogens is 2. The van der Waals surface area contributed by atoms with Crippen molar-refractivity contribution in [2.24, 2.45) is 0 Å². The number of amides is 1. The van der Waals surface area contributed by atoms with Crippen LogP contribution in [0.2, 0.25) is 0 Å². The Balaban J connectivity index is 2.07. The van der Waals surface area contributed by atoms with E-state index < -0.39 is 11.6 Å². The quantitative estimate of drug-likeness (QED) is 0.848. The van der Waals surface area contributed by atoms with Crippen molar-refractivity contribution in [2.75, 3.05) is 6.54 Å². The lowest BCUT2D eigenvalue weighted by Gasteiger charge is -2.17. The van der Waals surface area contributed by atoms with E-state index in [1.54, 1.807) is 18.2 Å². The first-order chi connectivity index (χ1) is 10.1. The molecule has 0 radical (unpaired) electrons. The largest absolute Gasteiger partial charge is 0.352 e. The third-order valence-electron chi connectivity index (χ3n) is 3.49. The second kappa shape index (κ2) is 5.41. The Morgan fingerprint density at radius 3 is 2.81 bits per heavy atom. The normalized spacial score (nSPS) is 13.5. The van der Waals surface area contributed by atoms with Gasteiger partial charge in [0.1, 0.15) is 5.82 Å². The van der Waals surface area contributed by atoms with Crippen LogP contribution in [-0.2, 0) is 6.42 Å². The molecule has 2 aromatic carbocycles. The molecule has 0 saturated carbocycles. The average Bonchev–Trinajstić information content (AvgIpc) is 2.47. The van der Waals surface area contributed by atoms with Gasteiger partial charge in [0.2, 0.25) is 0 Å². The van der Waals surface area contributed by atoms with E-state index in [0.29, 0.717) is 22.1 Å². The molecule has 0 bridgehead atoms. The fraction of sp³-hybridized carbons (Fsp3) is 0.125. The molecule has 1 heterocycles. The molecule has 1 N–H and O–H groups in total. The second-order valence-corrected chi connectivity index (χ2v) is 5.66. The van der Waals surface area contributed by atoms with Crippen LogP contribution in [0.1, 0.15) is 31.8 Å². The lowest BCUT2D eigenvalue weighted by Crippen LogP contribution is -2.32. The summed E-state index contributed by atoms with van der Waals surface area (Å²) in [5.74, 6) is -1.23. The van der Waals surface area contributed by atoms with Crippen LogP contribution in [0.15, 0.2) is 40.9 Å². The molecule has 1 aliphatic heterocycles. The van der Waals surface area contributed by atoms with Gasteiger partial charge in [0, 0.05) is 22.1 Å². The smallest absolute Gasteiger partial charge is 0.251 e. The highest BCUT2D eigenvalue weighted by Crippen LogP contribution is 2.24. The molecular weight excluding hydrogens is 337 g/mol. The molecule has 106 valence electrons. The Morgan fingerprint density at radius 1 is 1.24 bits per heavy atom. The fourth-order valence-electron chi connectivity index (χ4n) is 2.41. The third kappa shape index (κ3) is 2.49. The number of benzene rings is 2. The Hall–Kier alpha value is -2.01. The molecule has 0 aliphatic carbocycles. The van der Waals surface area contributed by atoms with E-state index in [4.69, 9.17) is 0 Å². The number of hydrogen-bond acceptors (Lipinski definition) is 2. The summed E-state index contributed by atoms with van der Waals surface area (Å²) in [6, 6.07) is 9.31. The zero-order valence-electron chi connectivity index (χ0n) is 11.0. The molecule has 0 fully saturated rings. The Kier molecular flexibility index (Phi) is 3.59. The molecule has 3 rings (SSSR count). The highest BCUT2D eigenvalue weighted by molar-refractivity contribution is 9.10. The van der Waals surface area contributed by atoms with Gasteiger partial charge in [-0.25, -0.2) is 4.39 Å². The first-order valence-electron chi connectivity index (χ1n) is 6.48. The van der Waals surface area contributed by atoms with E-state index in [1.807, 2.05) is 0 Å². The topological polar surface area (TPSA) is 46.2 Å². The van der Waals surface area contributed by atoms with Crippen LogP contribution >= 0.6 is 15.9 Å². The van der Waals surface area contributed by atoms with Crippen molar-refractivity contribution < 1.29 is 14.0 Å². The van der Waals surface area contributed by atoms with Crippen LogP contribution in [0.5, 0.6) is 0 Å². The zero-order chi connectivity index (χ0) is 15.0. The molecular formula is C16H11BrFNO2. The van der Waals surface area contributed by atoms with Gasteiger partial charge in [-0.05, 0) is 46.1 Å². The van der Waals surface area contributed by atoms with Crippen molar-refractivity contribution in [3.63, 3.8) is 0 Å². The van der Waals surface area contributed by atoms with Crippen LogP contribution < -0.4 is 5.32 Å². The third-order valence-corrected chi connectivity index (χ3v) is 4.15. The predicted octanol–water partition coefficient (Wildman–Crippen LogP) is 3.11. The van der Waals surface area contributed by atoms with Crippen LogP contribution in [0.4, 0.5) is 4.39 Å². The summed E-state index contributed by atoms with van der Waals surface area (Å²) in [6.07, 6.45) is 0.735.